The van der Waals surface area contributed by atoms with Crippen molar-refractivity contribution in [1.29, 1.82) is 0 Å². The highest BCUT2D eigenvalue weighted by atomic mass is 79.9. The number of aromatic nitrogens is 1. The van der Waals surface area contributed by atoms with Gasteiger partial charge < -0.3 is 20.5 Å². The minimum atomic E-state index is -0.685. The molecule has 0 aliphatic heterocycles. The van der Waals surface area contributed by atoms with Crippen molar-refractivity contribution < 1.29 is 14.1 Å². The maximum atomic E-state index is 12.2. The molecule has 1 atom stereocenters. The zero-order valence-electron chi connectivity index (χ0n) is 14.3. The molecule has 0 aliphatic rings. The molecule has 3 amide bonds. The second-order valence-electron chi connectivity index (χ2n) is 5.68. The highest BCUT2D eigenvalue weighted by Gasteiger charge is 2.20. The van der Waals surface area contributed by atoms with Gasteiger partial charge in [0.1, 0.15) is 6.04 Å². The van der Waals surface area contributed by atoms with E-state index in [9.17, 15) is 14.4 Å². The van der Waals surface area contributed by atoms with E-state index in [1.165, 1.54) is 6.07 Å². The van der Waals surface area contributed by atoms with Crippen LogP contribution in [0.15, 0.2) is 44.1 Å². The largest absolute Gasteiger partial charge is 0.381 e. The van der Waals surface area contributed by atoms with Gasteiger partial charge >= 0.3 is 6.03 Å². The number of hydrogen-bond donors (Lipinski definition) is 4. The molecule has 9 heteroatoms. The maximum Gasteiger partial charge on any atom is 0.319 e. The van der Waals surface area contributed by atoms with Gasteiger partial charge in [-0.1, -0.05) is 29.3 Å². The average molecular weight is 425 g/mol. The molecule has 8 nitrogen and oxygen atoms in total. The van der Waals surface area contributed by atoms with Crippen LogP contribution < -0.4 is 21.5 Å². The Balaban J connectivity index is 1.98. The molecule has 0 spiro atoms. The Morgan fingerprint density at radius 2 is 2.00 bits per heavy atom. The minimum Gasteiger partial charge on any atom is -0.381 e. The lowest BCUT2D eigenvalue weighted by atomic mass is 10.2. The summed E-state index contributed by atoms with van der Waals surface area (Å²) in [4.78, 5) is 35.3. The SMILES string of the molecule is CCCCC(=O)NC[C@H](NC(=O)Nc1ccc(Br)cc1)c1cc(=O)[nH]o1. The number of anilines is 1. The number of unbranched alkanes of at least 4 members (excludes halogenated alkanes) is 1. The van der Waals surface area contributed by atoms with Crippen LogP contribution in [0.25, 0.3) is 0 Å². The van der Waals surface area contributed by atoms with Crippen LogP contribution in [0, 0.1) is 0 Å². The maximum absolute atomic E-state index is 12.2. The standard InChI is InChI=1S/C17H21BrN4O4/c1-2-3-4-15(23)19-10-13(14-9-16(24)22-26-14)21-17(25)20-12-7-5-11(18)6-8-12/h5-9,13H,2-4,10H2,1H3,(H,19,23)(H,22,24)(H2,20,21,25)/t13-/m0/s1. The fraction of sp³-hybridized carbons (Fsp3) is 0.353. The summed E-state index contributed by atoms with van der Waals surface area (Å²) in [5.41, 5.74) is 0.185. The van der Waals surface area contributed by atoms with Crippen LogP contribution in [0.5, 0.6) is 0 Å². The molecule has 2 aromatic rings. The van der Waals surface area contributed by atoms with Crippen LogP contribution in [0.3, 0.4) is 0 Å². The minimum absolute atomic E-state index is 0.108. The first-order chi connectivity index (χ1) is 12.5. The van der Waals surface area contributed by atoms with Gasteiger partial charge in [-0.25, -0.2) is 4.79 Å². The van der Waals surface area contributed by atoms with E-state index in [1.54, 1.807) is 24.3 Å². The molecule has 0 radical (unpaired) electrons. The van der Waals surface area contributed by atoms with E-state index in [-0.39, 0.29) is 18.2 Å². The smallest absolute Gasteiger partial charge is 0.319 e. The normalized spacial score (nSPS) is 11.6. The predicted molar refractivity (Wildman–Crippen MR) is 101 cm³/mol. The molecule has 1 heterocycles. The summed E-state index contributed by atoms with van der Waals surface area (Å²) in [5, 5.41) is 10.3. The molecule has 1 aromatic carbocycles. The Morgan fingerprint density at radius 3 is 2.62 bits per heavy atom. The van der Waals surface area contributed by atoms with Crippen LogP contribution >= 0.6 is 15.9 Å². The van der Waals surface area contributed by atoms with Gasteiger partial charge in [-0.2, -0.15) is 5.16 Å². The van der Waals surface area contributed by atoms with Crippen LogP contribution in [-0.2, 0) is 4.79 Å². The number of nitrogens with one attached hydrogen (secondary N) is 4. The molecular formula is C17H21BrN4O4. The molecule has 140 valence electrons. The van der Waals surface area contributed by atoms with Crippen LogP contribution in [0.1, 0.15) is 38.0 Å². The Hall–Kier alpha value is -2.55. The van der Waals surface area contributed by atoms with Crippen molar-refractivity contribution in [3.05, 3.63) is 50.9 Å². The third-order valence-electron chi connectivity index (χ3n) is 3.55. The number of urea groups is 1. The summed E-state index contributed by atoms with van der Waals surface area (Å²) in [5.74, 6) is 0.113. The van der Waals surface area contributed by atoms with Crippen molar-refractivity contribution in [3.8, 4) is 0 Å². The average Bonchev–Trinajstić information content (AvgIpc) is 3.05. The summed E-state index contributed by atoms with van der Waals surface area (Å²) in [6, 6.07) is 7.14. The summed E-state index contributed by atoms with van der Waals surface area (Å²) >= 11 is 3.32. The Bertz CT molecular complexity index is 785. The van der Waals surface area contributed by atoms with E-state index in [0.717, 1.165) is 17.3 Å². The summed E-state index contributed by atoms with van der Waals surface area (Å²) < 4.78 is 5.96. The first kappa shape index (κ1) is 19.8. The van der Waals surface area contributed by atoms with Crippen molar-refractivity contribution in [2.24, 2.45) is 0 Å². The lowest BCUT2D eigenvalue weighted by Gasteiger charge is -2.17. The molecular weight excluding hydrogens is 404 g/mol. The lowest BCUT2D eigenvalue weighted by molar-refractivity contribution is -0.121. The van der Waals surface area contributed by atoms with E-state index in [2.05, 4.69) is 37.0 Å². The second-order valence-corrected chi connectivity index (χ2v) is 6.60. The number of amides is 3. The van der Waals surface area contributed by atoms with Crippen LogP contribution in [-0.4, -0.2) is 23.6 Å². The van der Waals surface area contributed by atoms with Crippen molar-refractivity contribution in [1.82, 2.24) is 15.8 Å². The summed E-state index contributed by atoms with van der Waals surface area (Å²) in [6.45, 7) is 2.11. The molecule has 0 unspecified atom stereocenters. The zero-order valence-corrected chi connectivity index (χ0v) is 15.9. The van der Waals surface area contributed by atoms with Crippen LogP contribution in [0.2, 0.25) is 0 Å². The monoisotopic (exact) mass is 424 g/mol. The Labute approximate surface area is 158 Å². The zero-order chi connectivity index (χ0) is 18.9. The molecule has 0 aliphatic carbocycles. The fourth-order valence-corrected chi connectivity index (χ4v) is 2.46. The van der Waals surface area contributed by atoms with E-state index in [1.807, 2.05) is 6.92 Å². The van der Waals surface area contributed by atoms with Gasteiger partial charge in [-0.15, -0.1) is 0 Å². The molecule has 2 rings (SSSR count). The van der Waals surface area contributed by atoms with E-state index >= 15 is 0 Å². The molecule has 0 fully saturated rings. The van der Waals surface area contributed by atoms with E-state index in [0.29, 0.717) is 12.1 Å². The number of aromatic amines is 1. The third kappa shape index (κ3) is 6.40. The second kappa shape index (κ2) is 9.81. The van der Waals surface area contributed by atoms with Crippen LogP contribution in [0.4, 0.5) is 10.5 Å². The van der Waals surface area contributed by atoms with Gasteiger partial charge in [0, 0.05) is 29.2 Å². The first-order valence-electron chi connectivity index (χ1n) is 8.26. The quantitative estimate of drug-likeness (QED) is 0.521. The molecule has 0 saturated heterocycles. The number of benzene rings is 1. The van der Waals surface area contributed by atoms with Gasteiger partial charge in [-0.05, 0) is 30.7 Å². The highest BCUT2D eigenvalue weighted by molar-refractivity contribution is 9.10. The third-order valence-corrected chi connectivity index (χ3v) is 4.08. The fourth-order valence-electron chi connectivity index (χ4n) is 2.19. The van der Waals surface area contributed by atoms with Crippen molar-refractivity contribution in [3.63, 3.8) is 0 Å². The molecule has 4 N–H and O–H groups in total. The molecule has 1 aromatic heterocycles. The lowest BCUT2D eigenvalue weighted by Crippen LogP contribution is -2.39. The predicted octanol–water partition coefficient (Wildman–Crippen LogP) is 2.90. The number of H-pyrrole nitrogens is 1. The number of hydrogen-bond acceptors (Lipinski definition) is 4. The van der Waals surface area contributed by atoms with Crippen molar-refractivity contribution in [2.45, 2.75) is 32.2 Å². The summed E-state index contributed by atoms with van der Waals surface area (Å²) in [7, 11) is 0. The molecule has 26 heavy (non-hydrogen) atoms. The van der Waals surface area contributed by atoms with Gasteiger partial charge in [0.2, 0.25) is 5.91 Å². The van der Waals surface area contributed by atoms with Crippen molar-refractivity contribution >= 4 is 33.6 Å². The highest BCUT2D eigenvalue weighted by Crippen LogP contribution is 2.15. The summed E-state index contributed by atoms with van der Waals surface area (Å²) in [6.07, 6.45) is 2.11. The Morgan fingerprint density at radius 1 is 1.27 bits per heavy atom. The van der Waals surface area contributed by atoms with Crippen molar-refractivity contribution in [2.75, 3.05) is 11.9 Å². The number of rotatable bonds is 8. The topological polar surface area (TPSA) is 116 Å². The van der Waals surface area contributed by atoms with Gasteiger partial charge in [-0.3, -0.25) is 9.59 Å². The molecule has 0 bridgehead atoms. The van der Waals surface area contributed by atoms with E-state index in [4.69, 9.17) is 4.52 Å². The molecule has 0 saturated carbocycles. The van der Waals surface area contributed by atoms with E-state index < -0.39 is 17.6 Å². The number of halogens is 1. The first-order valence-corrected chi connectivity index (χ1v) is 9.05. The van der Waals surface area contributed by atoms with Gasteiger partial charge in [0.15, 0.2) is 5.76 Å². The van der Waals surface area contributed by atoms with Gasteiger partial charge in [0.25, 0.3) is 5.56 Å². The number of carbonyl (C=O) groups excluding carboxylic acids is 2. The Kier molecular flexibility index (Phi) is 7.46. The van der Waals surface area contributed by atoms with Gasteiger partial charge in [0.05, 0.1) is 0 Å². The number of carbonyl (C=O) groups is 2.